The first-order valence-corrected chi connectivity index (χ1v) is 8.79. The zero-order chi connectivity index (χ0) is 17.8. The summed E-state index contributed by atoms with van der Waals surface area (Å²) in [6.07, 6.45) is 2.35. The lowest BCUT2D eigenvalue weighted by Gasteiger charge is -2.16. The Morgan fingerprint density at radius 2 is 1.96 bits per heavy atom. The molecule has 0 spiro atoms. The van der Waals surface area contributed by atoms with Crippen LogP contribution in [0, 0.1) is 13.8 Å². The van der Waals surface area contributed by atoms with Crippen molar-refractivity contribution in [3.05, 3.63) is 46.2 Å². The summed E-state index contributed by atoms with van der Waals surface area (Å²) in [5.74, 6) is 0.750. The number of aryl methyl sites for hydroxylation is 2. The standard InChI is InChI=1S/C18H22ClN5O/c1-12-5-6-14(10-16(12)19)23-18(25)20-11-15-9-13(2)21-17(22-15)24-7-3-4-8-24/h5-6,9-10H,3-4,7-8,11H2,1-2H3,(H2,20,23,25). The number of carbonyl (C=O) groups excluding carboxylic acids is 1. The Bertz CT molecular complexity index is 774. The summed E-state index contributed by atoms with van der Waals surface area (Å²) >= 11 is 6.07. The molecule has 2 amide bonds. The van der Waals surface area contributed by atoms with Crippen molar-refractivity contribution in [2.24, 2.45) is 0 Å². The molecule has 2 N–H and O–H groups in total. The largest absolute Gasteiger partial charge is 0.341 e. The number of urea groups is 1. The van der Waals surface area contributed by atoms with Crippen LogP contribution in [-0.4, -0.2) is 29.1 Å². The fourth-order valence-corrected chi connectivity index (χ4v) is 2.96. The molecular formula is C18H22ClN5O. The van der Waals surface area contributed by atoms with E-state index in [9.17, 15) is 4.79 Å². The van der Waals surface area contributed by atoms with Gasteiger partial charge in [0, 0.05) is 29.5 Å². The second-order valence-corrected chi connectivity index (χ2v) is 6.67. The zero-order valence-corrected chi connectivity index (χ0v) is 15.2. The molecule has 2 aromatic rings. The van der Waals surface area contributed by atoms with Crippen LogP contribution in [0.5, 0.6) is 0 Å². The monoisotopic (exact) mass is 359 g/mol. The molecule has 1 aliphatic rings. The minimum absolute atomic E-state index is 0.293. The third kappa shape index (κ3) is 4.60. The Labute approximate surface area is 152 Å². The molecule has 1 saturated heterocycles. The highest BCUT2D eigenvalue weighted by Gasteiger charge is 2.16. The van der Waals surface area contributed by atoms with Crippen molar-refractivity contribution in [2.75, 3.05) is 23.3 Å². The van der Waals surface area contributed by atoms with Gasteiger partial charge in [0.1, 0.15) is 0 Å². The Morgan fingerprint density at radius 1 is 1.20 bits per heavy atom. The summed E-state index contributed by atoms with van der Waals surface area (Å²) in [5, 5.41) is 6.23. The molecule has 1 fully saturated rings. The molecule has 0 radical (unpaired) electrons. The van der Waals surface area contributed by atoms with Crippen LogP contribution in [0.4, 0.5) is 16.4 Å². The highest BCUT2D eigenvalue weighted by molar-refractivity contribution is 6.31. The number of benzene rings is 1. The number of hydrogen-bond acceptors (Lipinski definition) is 4. The molecule has 3 rings (SSSR count). The fourth-order valence-electron chi connectivity index (χ4n) is 2.78. The van der Waals surface area contributed by atoms with Crippen LogP contribution in [0.3, 0.4) is 0 Å². The van der Waals surface area contributed by atoms with Gasteiger partial charge < -0.3 is 15.5 Å². The Kier molecular flexibility index (Phi) is 5.38. The van der Waals surface area contributed by atoms with Gasteiger partial charge >= 0.3 is 6.03 Å². The molecule has 132 valence electrons. The third-order valence-electron chi connectivity index (χ3n) is 4.14. The molecule has 0 saturated carbocycles. The highest BCUT2D eigenvalue weighted by Crippen LogP contribution is 2.20. The lowest BCUT2D eigenvalue weighted by atomic mass is 10.2. The Morgan fingerprint density at radius 3 is 2.68 bits per heavy atom. The van der Waals surface area contributed by atoms with Crippen LogP contribution in [-0.2, 0) is 6.54 Å². The summed E-state index contributed by atoms with van der Waals surface area (Å²) in [7, 11) is 0. The molecule has 7 heteroatoms. The van der Waals surface area contributed by atoms with Crippen molar-refractivity contribution >= 4 is 29.3 Å². The van der Waals surface area contributed by atoms with Gasteiger partial charge in [-0.05, 0) is 50.5 Å². The Balaban J connectivity index is 1.60. The SMILES string of the molecule is Cc1cc(CNC(=O)Nc2ccc(C)c(Cl)c2)nc(N2CCCC2)n1. The predicted octanol–water partition coefficient (Wildman–Crippen LogP) is 3.67. The fraction of sp³-hybridized carbons (Fsp3) is 0.389. The second-order valence-electron chi connectivity index (χ2n) is 6.27. The maximum Gasteiger partial charge on any atom is 0.319 e. The van der Waals surface area contributed by atoms with Crippen molar-refractivity contribution in [2.45, 2.75) is 33.2 Å². The van der Waals surface area contributed by atoms with Crippen molar-refractivity contribution in [3.63, 3.8) is 0 Å². The van der Waals surface area contributed by atoms with Gasteiger partial charge in [-0.25, -0.2) is 14.8 Å². The van der Waals surface area contributed by atoms with Crippen molar-refractivity contribution in [3.8, 4) is 0 Å². The summed E-state index contributed by atoms with van der Waals surface area (Å²) in [4.78, 5) is 23.3. The van der Waals surface area contributed by atoms with E-state index in [1.807, 2.05) is 32.0 Å². The van der Waals surface area contributed by atoms with Crippen LogP contribution in [0.25, 0.3) is 0 Å². The van der Waals surface area contributed by atoms with Crippen LogP contribution < -0.4 is 15.5 Å². The Hall–Kier alpha value is -2.34. The lowest BCUT2D eigenvalue weighted by molar-refractivity contribution is 0.251. The van der Waals surface area contributed by atoms with E-state index in [0.29, 0.717) is 17.3 Å². The van der Waals surface area contributed by atoms with Crippen molar-refractivity contribution in [1.29, 1.82) is 0 Å². The van der Waals surface area contributed by atoms with E-state index in [1.54, 1.807) is 6.07 Å². The van der Waals surface area contributed by atoms with Crippen molar-refractivity contribution < 1.29 is 4.79 Å². The van der Waals surface area contributed by atoms with Gasteiger partial charge in [0.15, 0.2) is 0 Å². The summed E-state index contributed by atoms with van der Waals surface area (Å²) in [5.41, 5.74) is 3.33. The number of hydrogen-bond donors (Lipinski definition) is 2. The number of carbonyl (C=O) groups is 1. The molecule has 2 heterocycles. The van der Waals surface area contributed by atoms with Gasteiger partial charge in [-0.1, -0.05) is 17.7 Å². The van der Waals surface area contributed by atoms with Crippen LogP contribution >= 0.6 is 11.6 Å². The van der Waals surface area contributed by atoms with E-state index in [0.717, 1.165) is 36.0 Å². The van der Waals surface area contributed by atoms with Crippen molar-refractivity contribution in [1.82, 2.24) is 15.3 Å². The van der Waals surface area contributed by atoms with E-state index in [-0.39, 0.29) is 6.03 Å². The number of anilines is 2. The first-order valence-electron chi connectivity index (χ1n) is 8.42. The molecule has 0 bridgehead atoms. The summed E-state index contributed by atoms with van der Waals surface area (Å²) in [6.45, 7) is 6.19. The predicted molar refractivity (Wildman–Crippen MR) is 100 cm³/mol. The number of amides is 2. The van der Waals surface area contributed by atoms with Gasteiger partial charge in [0.25, 0.3) is 0 Å². The van der Waals surface area contributed by atoms with Gasteiger partial charge in [0.2, 0.25) is 5.95 Å². The van der Waals surface area contributed by atoms with Gasteiger partial charge in [-0.3, -0.25) is 0 Å². The van der Waals surface area contributed by atoms with E-state index in [2.05, 4.69) is 25.5 Å². The number of nitrogens with one attached hydrogen (secondary N) is 2. The first kappa shape index (κ1) is 17.5. The average Bonchev–Trinajstić information content (AvgIpc) is 3.10. The zero-order valence-electron chi connectivity index (χ0n) is 14.5. The molecule has 1 aliphatic heterocycles. The van der Waals surface area contributed by atoms with Gasteiger partial charge in [-0.15, -0.1) is 0 Å². The lowest BCUT2D eigenvalue weighted by Crippen LogP contribution is -2.29. The minimum Gasteiger partial charge on any atom is -0.341 e. The maximum absolute atomic E-state index is 12.1. The number of halogens is 1. The maximum atomic E-state index is 12.1. The average molecular weight is 360 g/mol. The highest BCUT2D eigenvalue weighted by atomic mass is 35.5. The molecule has 1 aromatic heterocycles. The molecular weight excluding hydrogens is 338 g/mol. The van der Waals surface area contributed by atoms with Crippen LogP contribution in [0.2, 0.25) is 5.02 Å². The molecule has 6 nitrogen and oxygen atoms in total. The first-order chi connectivity index (χ1) is 12.0. The molecule has 25 heavy (non-hydrogen) atoms. The van der Waals surface area contributed by atoms with E-state index in [4.69, 9.17) is 11.6 Å². The number of rotatable bonds is 4. The van der Waals surface area contributed by atoms with E-state index in [1.165, 1.54) is 12.8 Å². The topological polar surface area (TPSA) is 70.2 Å². The van der Waals surface area contributed by atoms with E-state index < -0.39 is 0 Å². The smallest absolute Gasteiger partial charge is 0.319 e. The summed E-state index contributed by atoms with van der Waals surface area (Å²) in [6, 6.07) is 7.02. The second kappa shape index (κ2) is 7.70. The van der Waals surface area contributed by atoms with Crippen LogP contribution in [0.15, 0.2) is 24.3 Å². The molecule has 0 aliphatic carbocycles. The van der Waals surface area contributed by atoms with Gasteiger partial charge in [-0.2, -0.15) is 0 Å². The quantitative estimate of drug-likeness (QED) is 0.873. The molecule has 1 aromatic carbocycles. The number of aromatic nitrogens is 2. The third-order valence-corrected chi connectivity index (χ3v) is 4.55. The molecule has 0 atom stereocenters. The molecule has 0 unspecified atom stereocenters. The normalized spacial score (nSPS) is 13.8. The van der Waals surface area contributed by atoms with E-state index >= 15 is 0 Å². The minimum atomic E-state index is -0.293. The van der Waals surface area contributed by atoms with Gasteiger partial charge in [0.05, 0.1) is 12.2 Å². The van der Waals surface area contributed by atoms with Crippen LogP contribution in [0.1, 0.15) is 29.8 Å². The number of nitrogens with zero attached hydrogens (tertiary/aromatic N) is 3. The summed E-state index contributed by atoms with van der Waals surface area (Å²) < 4.78 is 0.